The number of hydrogen-bond donors (Lipinski definition) is 0. The fourth-order valence-corrected chi connectivity index (χ4v) is 2.18. The Labute approximate surface area is 114 Å². The van der Waals surface area contributed by atoms with Crippen molar-refractivity contribution < 1.29 is 19.1 Å². The Kier molecular flexibility index (Phi) is 5.64. The first kappa shape index (κ1) is 15.6. The number of carbonyl (C=O) groups is 2. The standard InChI is InChI=1S/C10H14N6O4/c1-5(17)19-9-4-7(13-15-11)3-8(14-16-12)10(9)20-6(2)18/h7-10H,3-4H2,1-2H3. The first-order chi connectivity index (χ1) is 9.47. The summed E-state index contributed by atoms with van der Waals surface area (Å²) in [6.45, 7) is 2.42. The molecule has 0 aromatic heterocycles. The zero-order valence-corrected chi connectivity index (χ0v) is 11.0. The number of nitrogens with zero attached hydrogens (tertiary/aromatic N) is 6. The van der Waals surface area contributed by atoms with Crippen LogP contribution < -0.4 is 0 Å². The van der Waals surface area contributed by atoms with Gasteiger partial charge >= 0.3 is 11.9 Å². The highest BCUT2D eigenvalue weighted by Gasteiger charge is 2.41. The molecule has 1 fully saturated rings. The van der Waals surface area contributed by atoms with E-state index in [2.05, 4.69) is 20.1 Å². The SMILES string of the molecule is CC(=O)OC1CC(N=[N+]=[N-])CC(N=[N+]=[N-])C1OC(C)=O. The lowest BCUT2D eigenvalue weighted by molar-refractivity contribution is -0.170. The van der Waals surface area contributed by atoms with Gasteiger partial charge in [-0.3, -0.25) is 9.59 Å². The molecule has 1 aliphatic rings. The lowest BCUT2D eigenvalue weighted by Gasteiger charge is -2.37. The topological polar surface area (TPSA) is 150 Å². The molecule has 0 heterocycles. The Hall–Kier alpha value is -2.44. The quantitative estimate of drug-likeness (QED) is 0.335. The van der Waals surface area contributed by atoms with E-state index in [1.165, 1.54) is 13.8 Å². The van der Waals surface area contributed by atoms with Gasteiger partial charge in [0.15, 0.2) is 0 Å². The van der Waals surface area contributed by atoms with Crippen LogP contribution in [0.25, 0.3) is 20.9 Å². The van der Waals surface area contributed by atoms with Crippen molar-refractivity contribution in [1.82, 2.24) is 0 Å². The summed E-state index contributed by atoms with van der Waals surface area (Å²) in [5.74, 6) is -1.14. The average molecular weight is 282 g/mol. The van der Waals surface area contributed by atoms with Crippen LogP contribution in [0.3, 0.4) is 0 Å². The average Bonchev–Trinajstić information content (AvgIpc) is 2.33. The molecule has 0 amide bonds. The van der Waals surface area contributed by atoms with E-state index in [1.807, 2.05) is 0 Å². The van der Waals surface area contributed by atoms with E-state index in [4.69, 9.17) is 20.5 Å². The van der Waals surface area contributed by atoms with Crippen LogP contribution in [0.15, 0.2) is 10.2 Å². The van der Waals surface area contributed by atoms with Crippen molar-refractivity contribution in [2.24, 2.45) is 10.2 Å². The summed E-state index contributed by atoms with van der Waals surface area (Å²) in [4.78, 5) is 27.6. The lowest BCUT2D eigenvalue weighted by atomic mass is 9.86. The molecule has 4 unspecified atom stereocenters. The highest BCUT2D eigenvalue weighted by Crippen LogP contribution is 2.29. The summed E-state index contributed by atoms with van der Waals surface area (Å²) in [5.41, 5.74) is 17.0. The van der Waals surface area contributed by atoms with Gasteiger partial charge in [-0.25, -0.2) is 0 Å². The molecule has 4 atom stereocenters. The minimum absolute atomic E-state index is 0.207. The number of esters is 2. The molecule has 1 rings (SSSR count). The number of hydrogen-bond acceptors (Lipinski definition) is 6. The summed E-state index contributed by atoms with van der Waals surface area (Å²) in [7, 11) is 0. The van der Waals surface area contributed by atoms with Crippen LogP contribution in [-0.2, 0) is 19.1 Å². The summed E-state index contributed by atoms with van der Waals surface area (Å²) in [6, 6.07) is -1.25. The van der Waals surface area contributed by atoms with Crippen LogP contribution in [0, 0.1) is 0 Å². The highest BCUT2D eigenvalue weighted by atomic mass is 16.6. The van der Waals surface area contributed by atoms with E-state index < -0.39 is 36.2 Å². The predicted molar refractivity (Wildman–Crippen MR) is 66.2 cm³/mol. The van der Waals surface area contributed by atoms with Crippen LogP contribution in [0.5, 0.6) is 0 Å². The van der Waals surface area contributed by atoms with Crippen LogP contribution in [0.2, 0.25) is 0 Å². The van der Waals surface area contributed by atoms with Crippen LogP contribution in [-0.4, -0.2) is 36.2 Å². The summed E-state index contributed by atoms with van der Waals surface area (Å²) in [5, 5.41) is 7.09. The van der Waals surface area contributed by atoms with E-state index in [-0.39, 0.29) is 12.8 Å². The zero-order chi connectivity index (χ0) is 15.1. The molecule has 108 valence electrons. The van der Waals surface area contributed by atoms with Gasteiger partial charge in [0, 0.05) is 29.7 Å². The minimum Gasteiger partial charge on any atom is -0.459 e. The number of rotatable bonds is 4. The largest absolute Gasteiger partial charge is 0.459 e. The van der Waals surface area contributed by atoms with Gasteiger partial charge in [0.2, 0.25) is 0 Å². The van der Waals surface area contributed by atoms with Gasteiger partial charge < -0.3 is 9.47 Å². The molecule has 10 heteroatoms. The van der Waals surface area contributed by atoms with Crippen molar-refractivity contribution in [3.05, 3.63) is 20.9 Å². The normalized spacial score (nSPS) is 28.5. The van der Waals surface area contributed by atoms with Crippen LogP contribution in [0.1, 0.15) is 26.7 Å². The van der Waals surface area contributed by atoms with E-state index >= 15 is 0 Å². The molecular formula is C10H14N6O4. The third kappa shape index (κ3) is 4.34. The molecule has 0 radical (unpaired) electrons. The second-order valence-corrected chi connectivity index (χ2v) is 4.32. The van der Waals surface area contributed by atoms with Gasteiger partial charge in [-0.2, -0.15) is 0 Å². The van der Waals surface area contributed by atoms with Crippen molar-refractivity contribution in [2.75, 3.05) is 0 Å². The molecule has 1 aliphatic carbocycles. The molecule has 10 nitrogen and oxygen atoms in total. The van der Waals surface area contributed by atoms with Gasteiger partial charge in [-0.05, 0) is 23.9 Å². The van der Waals surface area contributed by atoms with Crippen molar-refractivity contribution in [1.29, 1.82) is 0 Å². The molecular weight excluding hydrogens is 268 g/mol. The van der Waals surface area contributed by atoms with Crippen molar-refractivity contribution >= 4 is 11.9 Å². The van der Waals surface area contributed by atoms with E-state index in [0.29, 0.717) is 0 Å². The second-order valence-electron chi connectivity index (χ2n) is 4.32. The third-order valence-corrected chi connectivity index (χ3v) is 2.80. The number of azide groups is 2. The van der Waals surface area contributed by atoms with Crippen LogP contribution >= 0.6 is 0 Å². The molecule has 0 aromatic rings. The van der Waals surface area contributed by atoms with Crippen molar-refractivity contribution in [2.45, 2.75) is 51.0 Å². The summed E-state index contributed by atoms with van der Waals surface area (Å²) >= 11 is 0. The van der Waals surface area contributed by atoms with Gasteiger partial charge in [0.05, 0.1) is 6.04 Å². The maximum atomic E-state index is 11.1. The molecule has 0 bridgehead atoms. The fraction of sp³-hybridized carbons (Fsp3) is 0.800. The van der Waals surface area contributed by atoms with Gasteiger partial charge in [-0.15, -0.1) is 0 Å². The second kappa shape index (κ2) is 7.22. The van der Waals surface area contributed by atoms with Gasteiger partial charge in [-0.1, -0.05) is 10.2 Å². The monoisotopic (exact) mass is 282 g/mol. The number of ether oxygens (including phenoxy) is 2. The Morgan fingerprint density at radius 2 is 1.65 bits per heavy atom. The first-order valence-electron chi connectivity index (χ1n) is 5.90. The van der Waals surface area contributed by atoms with E-state index in [0.717, 1.165) is 0 Å². The molecule has 20 heavy (non-hydrogen) atoms. The Bertz CT molecular complexity index is 482. The third-order valence-electron chi connectivity index (χ3n) is 2.80. The van der Waals surface area contributed by atoms with Crippen molar-refractivity contribution in [3.8, 4) is 0 Å². The molecule has 0 saturated heterocycles. The number of carbonyl (C=O) groups excluding carboxylic acids is 2. The molecule has 0 aliphatic heterocycles. The molecule has 0 spiro atoms. The Morgan fingerprint density at radius 1 is 1.05 bits per heavy atom. The zero-order valence-electron chi connectivity index (χ0n) is 11.0. The van der Waals surface area contributed by atoms with Gasteiger partial charge in [0.25, 0.3) is 0 Å². The van der Waals surface area contributed by atoms with Gasteiger partial charge in [0.1, 0.15) is 12.2 Å². The molecule has 1 saturated carbocycles. The maximum Gasteiger partial charge on any atom is 0.303 e. The van der Waals surface area contributed by atoms with E-state index in [9.17, 15) is 9.59 Å². The highest BCUT2D eigenvalue weighted by molar-refractivity contribution is 5.67. The first-order valence-corrected chi connectivity index (χ1v) is 5.90. The summed E-state index contributed by atoms with van der Waals surface area (Å²) < 4.78 is 10.2. The Balaban J connectivity index is 3.02. The van der Waals surface area contributed by atoms with Crippen molar-refractivity contribution in [3.63, 3.8) is 0 Å². The maximum absolute atomic E-state index is 11.1. The Morgan fingerprint density at radius 3 is 2.15 bits per heavy atom. The lowest BCUT2D eigenvalue weighted by Crippen LogP contribution is -2.49. The minimum atomic E-state index is -0.877. The fourth-order valence-electron chi connectivity index (χ4n) is 2.18. The molecule has 0 aromatic carbocycles. The predicted octanol–water partition coefficient (Wildman–Crippen LogP) is 2.00. The van der Waals surface area contributed by atoms with Crippen LogP contribution in [0.4, 0.5) is 0 Å². The summed E-state index contributed by atoms with van der Waals surface area (Å²) in [6.07, 6.45) is -1.25. The smallest absolute Gasteiger partial charge is 0.303 e. The van der Waals surface area contributed by atoms with E-state index in [1.54, 1.807) is 0 Å². The molecule has 0 N–H and O–H groups in total.